The van der Waals surface area contributed by atoms with Crippen LogP contribution in [0, 0.1) is 5.82 Å². The maximum Gasteiger partial charge on any atom is 0.237 e. The van der Waals surface area contributed by atoms with E-state index < -0.39 is 21.6 Å². The predicted octanol–water partition coefficient (Wildman–Crippen LogP) is 2.16. The number of benzene rings is 1. The summed E-state index contributed by atoms with van der Waals surface area (Å²) in [5, 5.41) is 0. The Morgan fingerprint density at radius 2 is 1.94 bits per heavy atom. The van der Waals surface area contributed by atoms with E-state index in [9.17, 15) is 12.8 Å². The lowest BCUT2D eigenvalue weighted by atomic mass is 10.2. The number of pyridine rings is 1. The van der Waals surface area contributed by atoms with Crippen LogP contribution in [0.4, 0.5) is 10.1 Å². The second kappa shape index (κ2) is 5.14. The Labute approximate surface area is 105 Å². The third-order valence-electron chi connectivity index (χ3n) is 2.24. The van der Waals surface area contributed by atoms with E-state index in [4.69, 9.17) is 0 Å². The van der Waals surface area contributed by atoms with Crippen LogP contribution in [-0.2, 0) is 15.8 Å². The summed E-state index contributed by atoms with van der Waals surface area (Å²) in [6.07, 6.45) is 2.92. The van der Waals surface area contributed by atoms with E-state index >= 15 is 0 Å². The molecule has 0 atom stereocenters. The van der Waals surface area contributed by atoms with Gasteiger partial charge in [-0.1, -0.05) is 18.2 Å². The first-order valence-corrected chi connectivity index (χ1v) is 6.86. The maximum atomic E-state index is 13.4. The van der Waals surface area contributed by atoms with Gasteiger partial charge >= 0.3 is 0 Å². The van der Waals surface area contributed by atoms with E-state index in [0.717, 1.165) is 0 Å². The molecule has 18 heavy (non-hydrogen) atoms. The highest BCUT2D eigenvalue weighted by molar-refractivity contribution is 7.91. The second-order valence-electron chi connectivity index (χ2n) is 3.69. The summed E-state index contributed by atoms with van der Waals surface area (Å²) >= 11 is 0. The normalized spacial score (nSPS) is 11.2. The van der Waals surface area contributed by atoms with E-state index in [2.05, 4.69) is 9.71 Å². The van der Waals surface area contributed by atoms with Gasteiger partial charge in [-0.05, 0) is 18.2 Å². The van der Waals surface area contributed by atoms with Crippen molar-refractivity contribution in [3.63, 3.8) is 0 Å². The third-order valence-corrected chi connectivity index (χ3v) is 3.48. The molecule has 1 aromatic heterocycles. The molecule has 0 saturated heterocycles. The van der Waals surface area contributed by atoms with Crippen molar-refractivity contribution in [2.45, 2.75) is 5.75 Å². The average molecular weight is 266 g/mol. The van der Waals surface area contributed by atoms with Gasteiger partial charge < -0.3 is 0 Å². The van der Waals surface area contributed by atoms with Crippen molar-refractivity contribution in [1.29, 1.82) is 0 Å². The van der Waals surface area contributed by atoms with Crippen molar-refractivity contribution in [3.8, 4) is 0 Å². The van der Waals surface area contributed by atoms with Gasteiger partial charge in [0, 0.05) is 11.8 Å². The summed E-state index contributed by atoms with van der Waals surface area (Å²) in [6.45, 7) is 0. The van der Waals surface area contributed by atoms with E-state index in [1.807, 2.05) is 0 Å². The molecular formula is C12H11FN2O2S. The number of sulfonamides is 1. The number of nitrogens with zero attached hydrogens (tertiary/aromatic N) is 1. The van der Waals surface area contributed by atoms with Crippen molar-refractivity contribution >= 4 is 15.7 Å². The van der Waals surface area contributed by atoms with Gasteiger partial charge in [-0.15, -0.1) is 0 Å². The van der Waals surface area contributed by atoms with Crippen LogP contribution < -0.4 is 4.72 Å². The fourth-order valence-electron chi connectivity index (χ4n) is 1.46. The number of nitrogens with one attached hydrogen (secondary N) is 1. The Morgan fingerprint density at radius 3 is 2.61 bits per heavy atom. The molecule has 0 radical (unpaired) electrons. The van der Waals surface area contributed by atoms with Crippen LogP contribution in [0.1, 0.15) is 5.56 Å². The highest BCUT2D eigenvalue weighted by Crippen LogP contribution is 2.13. The number of hydrogen-bond acceptors (Lipinski definition) is 3. The smallest absolute Gasteiger partial charge is 0.237 e. The Kier molecular flexibility index (Phi) is 3.57. The average Bonchev–Trinajstić information content (AvgIpc) is 2.32. The Morgan fingerprint density at radius 1 is 1.17 bits per heavy atom. The molecule has 0 aliphatic rings. The van der Waals surface area contributed by atoms with Gasteiger partial charge in [-0.3, -0.25) is 9.71 Å². The number of aromatic nitrogens is 1. The SMILES string of the molecule is O=S(=O)(Cc1ccccc1F)Nc1cccnc1. The monoisotopic (exact) mass is 266 g/mol. The first kappa shape index (κ1) is 12.5. The summed E-state index contributed by atoms with van der Waals surface area (Å²) in [5.41, 5.74) is 0.489. The number of anilines is 1. The van der Waals surface area contributed by atoms with Gasteiger partial charge in [0.15, 0.2) is 0 Å². The van der Waals surface area contributed by atoms with E-state index in [1.165, 1.54) is 30.6 Å². The van der Waals surface area contributed by atoms with Gasteiger partial charge in [0.2, 0.25) is 10.0 Å². The highest BCUT2D eigenvalue weighted by atomic mass is 32.2. The first-order chi connectivity index (χ1) is 8.57. The van der Waals surface area contributed by atoms with Crippen LogP contribution in [0.3, 0.4) is 0 Å². The molecule has 0 spiro atoms. The molecule has 1 aromatic carbocycles. The molecule has 0 unspecified atom stereocenters. The zero-order valence-electron chi connectivity index (χ0n) is 9.38. The van der Waals surface area contributed by atoms with Gasteiger partial charge in [0.25, 0.3) is 0 Å². The van der Waals surface area contributed by atoms with Crippen LogP contribution >= 0.6 is 0 Å². The fraction of sp³-hybridized carbons (Fsp3) is 0.0833. The molecule has 0 aliphatic carbocycles. The Hall–Kier alpha value is -1.95. The summed E-state index contributed by atoms with van der Waals surface area (Å²) in [4.78, 5) is 3.79. The molecule has 2 rings (SSSR count). The van der Waals surface area contributed by atoms with Crippen molar-refractivity contribution < 1.29 is 12.8 Å². The van der Waals surface area contributed by atoms with Crippen molar-refractivity contribution in [2.24, 2.45) is 0 Å². The standard InChI is InChI=1S/C12H11FN2O2S/c13-12-6-2-1-4-10(12)9-18(16,17)15-11-5-3-7-14-8-11/h1-8,15H,9H2. The molecule has 4 nitrogen and oxygen atoms in total. The largest absolute Gasteiger partial charge is 0.282 e. The lowest BCUT2D eigenvalue weighted by Crippen LogP contribution is -2.15. The second-order valence-corrected chi connectivity index (χ2v) is 5.42. The summed E-state index contributed by atoms with van der Waals surface area (Å²) < 4.78 is 39.3. The quantitative estimate of drug-likeness (QED) is 0.922. The predicted molar refractivity (Wildman–Crippen MR) is 66.9 cm³/mol. The Bertz CT molecular complexity index is 630. The molecule has 6 heteroatoms. The van der Waals surface area contributed by atoms with E-state index in [-0.39, 0.29) is 5.56 Å². The molecule has 0 amide bonds. The molecule has 1 N–H and O–H groups in total. The molecule has 1 heterocycles. The zero-order valence-corrected chi connectivity index (χ0v) is 10.2. The minimum Gasteiger partial charge on any atom is -0.282 e. The minimum absolute atomic E-state index is 0.133. The van der Waals surface area contributed by atoms with Gasteiger partial charge in [0.1, 0.15) is 5.82 Å². The van der Waals surface area contributed by atoms with Crippen LogP contribution in [0.15, 0.2) is 48.8 Å². The molecule has 0 saturated carbocycles. The highest BCUT2D eigenvalue weighted by Gasteiger charge is 2.14. The van der Waals surface area contributed by atoms with E-state index in [0.29, 0.717) is 5.69 Å². The minimum atomic E-state index is -3.64. The fourth-order valence-corrected chi connectivity index (χ4v) is 2.65. The van der Waals surface area contributed by atoms with E-state index in [1.54, 1.807) is 18.2 Å². The van der Waals surface area contributed by atoms with Gasteiger partial charge in [-0.2, -0.15) is 0 Å². The molecule has 0 bridgehead atoms. The Balaban J connectivity index is 2.16. The van der Waals surface area contributed by atoms with Crippen molar-refractivity contribution in [1.82, 2.24) is 4.98 Å². The van der Waals surface area contributed by atoms with Crippen molar-refractivity contribution in [2.75, 3.05) is 4.72 Å². The maximum absolute atomic E-state index is 13.4. The number of halogens is 1. The van der Waals surface area contributed by atoms with Gasteiger partial charge in [-0.25, -0.2) is 12.8 Å². The lowest BCUT2D eigenvalue weighted by Gasteiger charge is -2.08. The zero-order chi connectivity index (χ0) is 13.0. The van der Waals surface area contributed by atoms with Crippen molar-refractivity contribution in [3.05, 3.63) is 60.2 Å². The van der Waals surface area contributed by atoms with Crippen LogP contribution in [0.25, 0.3) is 0 Å². The molecule has 0 fully saturated rings. The molecule has 0 aliphatic heterocycles. The number of hydrogen-bond donors (Lipinski definition) is 1. The summed E-state index contributed by atoms with van der Waals surface area (Å²) in [5.74, 6) is -0.941. The lowest BCUT2D eigenvalue weighted by molar-refractivity contribution is 0.591. The summed E-state index contributed by atoms with van der Waals surface area (Å²) in [6, 6.07) is 8.97. The third kappa shape index (κ3) is 3.27. The van der Waals surface area contributed by atoms with Crippen LogP contribution in [-0.4, -0.2) is 13.4 Å². The first-order valence-electron chi connectivity index (χ1n) is 5.21. The molecule has 2 aromatic rings. The molecule has 94 valence electrons. The topological polar surface area (TPSA) is 59.1 Å². The number of rotatable bonds is 4. The van der Waals surface area contributed by atoms with Crippen LogP contribution in [0.5, 0.6) is 0 Å². The molecular weight excluding hydrogens is 255 g/mol. The summed E-state index contributed by atoms with van der Waals surface area (Å²) in [7, 11) is -3.64. The van der Waals surface area contributed by atoms with Gasteiger partial charge in [0.05, 0.1) is 17.6 Å². The van der Waals surface area contributed by atoms with Crippen LogP contribution in [0.2, 0.25) is 0 Å².